The van der Waals surface area contributed by atoms with Crippen LogP contribution in [-0.2, 0) is 0 Å². The van der Waals surface area contributed by atoms with Crippen molar-refractivity contribution in [3.05, 3.63) is 29.4 Å². The molecule has 0 aliphatic carbocycles. The summed E-state index contributed by atoms with van der Waals surface area (Å²) >= 11 is 7.68. The first-order valence-electron chi connectivity index (χ1n) is 4.41. The number of aromatic nitrogens is 1. The molecule has 1 heterocycles. The number of H-pyrrole nitrogens is 1. The minimum Gasteiger partial charge on any atom is -0.360 e. The van der Waals surface area contributed by atoms with E-state index in [0.29, 0.717) is 6.54 Å². The molecule has 0 bridgehead atoms. The molecule has 0 fully saturated rings. The van der Waals surface area contributed by atoms with Crippen LogP contribution in [0.2, 0.25) is 5.02 Å². The quantitative estimate of drug-likeness (QED) is 0.791. The minimum absolute atomic E-state index is 0.692. The van der Waals surface area contributed by atoms with Gasteiger partial charge in [-0.3, -0.25) is 0 Å². The molecule has 0 atom stereocenters. The van der Waals surface area contributed by atoms with Crippen LogP contribution in [0.15, 0.2) is 29.3 Å². The third-order valence-corrected chi connectivity index (χ3v) is 3.30. The van der Waals surface area contributed by atoms with Crippen molar-refractivity contribution in [1.29, 1.82) is 0 Å². The Morgan fingerprint density at radius 1 is 1.43 bits per heavy atom. The molecule has 0 saturated heterocycles. The number of rotatable bonds is 3. The number of hydrogen-bond acceptors (Lipinski definition) is 2. The molecule has 2 aromatic rings. The second kappa shape index (κ2) is 4.26. The molecule has 3 N–H and O–H groups in total. The summed E-state index contributed by atoms with van der Waals surface area (Å²) < 4.78 is 0. The topological polar surface area (TPSA) is 41.8 Å². The first-order valence-corrected chi connectivity index (χ1v) is 5.77. The van der Waals surface area contributed by atoms with E-state index in [-0.39, 0.29) is 0 Å². The fourth-order valence-corrected chi connectivity index (χ4v) is 2.33. The van der Waals surface area contributed by atoms with Crippen molar-refractivity contribution in [2.24, 2.45) is 5.73 Å². The largest absolute Gasteiger partial charge is 0.360 e. The Labute approximate surface area is 91.8 Å². The first kappa shape index (κ1) is 9.90. The molecule has 0 radical (unpaired) electrons. The summed E-state index contributed by atoms with van der Waals surface area (Å²) in [6, 6.07) is 5.86. The zero-order valence-electron chi connectivity index (χ0n) is 7.59. The summed E-state index contributed by atoms with van der Waals surface area (Å²) in [5.41, 5.74) is 6.58. The van der Waals surface area contributed by atoms with Crippen LogP contribution in [0, 0.1) is 0 Å². The van der Waals surface area contributed by atoms with E-state index in [0.717, 1.165) is 16.3 Å². The lowest BCUT2D eigenvalue weighted by atomic mass is 10.2. The summed E-state index contributed by atoms with van der Waals surface area (Å²) in [7, 11) is 0. The van der Waals surface area contributed by atoms with Crippen LogP contribution >= 0.6 is 23.4 Å². The SMILES string of the molecule is NCCSc1c[nH]c2ccc(Cl)cc12. The van der Waals surface area contributed by atoms with Gasteiger partial charge in [0.25, 0.3) is 0 Å². The Morgan fingerprint density at radius 2 is 2.29 bits per heavy atom. The molecule has 0 aliphatic rings. The van der Waals surface area contributed by atoms with Gasteiger partial charge in [0.1, 0.15) is 0 Å². The zero-order valence-corrected chi connectivity index (χ0v) is 9.16. The van der Waals surface area contributed by atoms with E-state index in [4.69, 9.17) is 17.3 Å². The van der Waals surface area contributed by atoms with Gasteiger partial charge in [0.05, 0.1) is 0 Å². The highest BCUT2D eigenvalue weighted by Crippen LogP contribution is 2.29. The van der Waals surface area contributed by atoms with E-state index in [2.05, 4.69) is 4.98 Å². The Bertz CT molecular complexity index is 439. The maximum Gasteiger partial charge on any atom is 0.0466 e. The highest BCUT2D eigenvalue weighted by atomic mass is 35.5. The average Bonchev–Trinajstić information content (AvgIpc) is 2.57. The summed E-state index contributed by atoms with van der Waals surface area (Å²) in [6.45, 7) is 0.692. The number of hydrogen-bond donors (Lipinski definition) is 2. The van der Waals surface area contributed by atoms with Crippen LogP contribution in [0.25, 0.3) is 10.9 Å². The number of aromatic amines is 1. The number of nitrogens with one attached hydrogen (secondary N) is 1. The molecule has 0 unspecified atom stereocenters. The van der Waals surface area contributed by atoms with Crippen molar-refractivity contribution in [3.63, 3.8) is 0 Å². The molecule has 2 rings (SSSR count). The predicted octanol–water partition coefficient (Wildman–Crippen LogP) is 2.87. The minimum atomic E-state index is 0.692. The van der Waals surface area contributed by atoms with Gasteiger partial charge in [-0.2, -0.15) is 0 Å². The lowest BCUT2D eigenvalue weighted by Gasteiger charge is -1.97. The fraction of sp³-hybridized carbons (Fsp3) is 0.200. The lowest BCUT2D eigenvalue weighted by Crippen LogP contribution is -2.00. The standard InChI is InChI=1S/C10H11ClN2S/c11-7-1-2-9-8(5-7)10(6-13-9)14-4-3-12/h1-2,5-6,13H,3-4,12H2. The molecule has 4 heteroatoms. The van der Waals surface area contributed by atoms with Crippen LogP contribution < -0.4 is 5.73 Å². The van der Waals surface area contributed by atoms with Crippen molar-refractivity contribution < 1.29 is 0 Å². The van der Waals surface area contributed by atoms with Gasteiger partial charge in [-0.1, -0.05) is 11.6 Å². The lowest BCUT2D eigenvalue weighted by molar-refractivity contribution is 1.15. The van der Waals surface area contributed by atoms with Crippen molar-refractivity contribution in [3.8, 4) is 0 Å². The number of halogens is 1. The van der Waals surface area contributed by atoms with E-state index in [9.17, 15) is 0 Å². The van der Waals surface area contributed by atoms with Crippen molar-refractivity contribution in [2.45, 2.75) is 4.90 Å². The van der Waals surface area contributed by atoms with Crippen LogP contribution in [-0.4, -0.2) is 17.3 Å². The number of nitrogens with two attached hydrogens (primary N) is 1. The molecular formula is C10H11ClN2S. The Balaban J connectivity index is 2.40. The predicted molar refractivity (Wildman–Crippen MR) is 63.1 cm³/mol. The van der Waals surface area contributed by atoms with Crippen molar-refractivity contribution in [2.75, 3.05) is 12.3 Å². The Kier molecular flexibility index (Phi) is 3.01. The number of fused-ring (bicyclic) bond motifs is 1. The zero-order chi connectivity index (χ0) is 9.97. The molecule has 0 aliphatic heterocycles. The maximum atomic E-state index is 5.93. The van der Waals surface area contributed by atoms with E-state index < -0.39 is 0 Å². The van der Waals surface area contributed by atoms with Gasteiger partial charge in [-0.15, -0.1) is 11.8 Å². The molecule has 2 nitrogen and oxygen atoms in total. The first-order chi connectivity index (χ1) is 6.81. The monoisotopic (exact) mass is 226 g/mol. The third kappa shape index (κ3) is 1.90. The Hall–Kier alpha value is -0.640. The summed E-state index contributed by atoms with van der Waals surface area (Å²) in [5, 5.41) is 1.95. The molecule has 1 aromatic heterocycles. The second-order valence-corrected chi connectivity index (χ2v) is 4.55. The summed E-state index contributed by atoms with van der Waals surface area (Å²) in [5.74, 6) is 0.930. The highest BCUT2D eigenvalue weighted by molar-refractivity contribution is 7.99. The van der Waals surface area contributed by atoms with Gasteiger partial charge in [0, 0.05) is 39.3 Å². The van der Waals surface area contributed by atoms with Crippen LogP contribution in [0.5, 0.6) is 0 Å². The Morgan fingerprint density at radius 3 is 3.07 bits per heavy atom. The molecule has 14 heavy (non-hydrogen) atoms. The summed E-state index contributed by atoms with van der Waals surface area (Å²) in [6.07, 6.45) is 2.00. The normalized spacial score (nSPS) is 11.0. The smallest absolute Gasteiger partial charge is 0.0466 e. The van der Waals surface area contributed by atoms with Gasteiger partial charge < -0.3 is 10.7 Å². The van der Waals surface area contributed by atoms with Gasteiger partial charge in [0.15, 0.2) is 0 Å². The maximum absolute atomic E-state index is 5.93. The van der Waals surface area contributed by atoms with Gasteiger partial charge in [-0.05, 0) is 18.2 Å². The van der Waals surface area contributed by atoms with Crippen molar-refractivity contribution >= 4 is 34.3 Å². The second-order valence-electron chi connectivity index (χ2n) is 2.98. The third-order valence-electron chi connectivity index (χ3n) is 1.98. The van der Waals surface area contributed by atoms with E-state index in [1.165, 1.54) is 10.3 Å². The summed E-state index contributed by atoms with van der Waals surface area (Å²) in [4.78, 5) is 4.42. The molecule has 1 aromatic carbocycles. The van der Waals surface area contributed by atoms with Gasteiger partial charge in [0.2, 0.25) is 0 Å². The van der Waals surface area contributed by atoms with Gasteiger partial charge >= 0.3 is 0 Å². The van der Waals surface area contributed by atoms with Crippen LogP contribution in [0.1, 0.15) is 0 Å². The molecule has 0 amide bonds. The highest BCUT2D eigenvalue weighted by Gasteiger charge is 2.03. The van der Waals surface area contributed by atoms with E-state index >= 15 is 0 Å². The van der Waals surface area contributed by atoms with E-state index in [1.54, 1.807) is 11.8 Å². The van der Waals surface area contributed by atoms with Crippen LogP contribution in [0.3, 0.4) is 0 Å². The number of benzene rings is 1. The number of thioether (sulfide) groups is 1. The molecule has 74 valence electrons. The molecule has 0 spiro atoms. The van der Waals surface area contributed by atoms with Crippen LogP contribution in [0.4, 0.5) is 0 Å². The van der Waals surface area contributed by atoms with E-state index in [1.807, 2.05) is 24.4 Å². The van der Waals surface area contributed by atoms with Crippen molar-refractivity contribution in [1.82, 2.24) is 4.98 Å². The fourth-order valence-electron chi connectivity index (χ4n) is 1.36. The van der Waals surface area contributed by atoms with Gasteiger partial charge in [-0.25, -0.2) is 0 Å². The molecular weight excluding hydrogens is 216 g/mol. The average molecular weight is 227 g/mol. The molecule has 0 saturated carbocycles.